The smallest absolute Gasteiger partial charge is 0.0583 e. The van der Waals surface area contributed by atoms with Crippen molar-refractivity contribution < 1.29 is 0 Å². The lowest BCUT2D eigenvalue weighted by atomic mass is 10.2. The zero-order chi connectivity index (χ0) is 9.97. The molecule has 1 fully saturated rings. The molecule has 3 nitrogen and oxygen atoms in total. The Hall–Kier alpha value is -1.09. The Bertz CT molecular complexity index is 311. The number of hydrogen-bond donors (Lipinski definition) is 1. The van der Waals surface area contributed by atoms with Gasteiger partial charge in [-0.2, -0.15) is 0 Å². The molecule has 0 saturated carbocycles. The van der Waals surface area contributed by atoms with Crippen molar-refractivity contribution in [1.29, 1.82) is 0 Å². The predicted octanol–water partition coefficient (Wildman–Crippen LogP) is 1.19. The Kier molecular flexibility index (Phi) is 2.68. The van der Waals surface area contributed by atoms with E-state index in [9.17, 15) is 0 Å². The lowest BCUT2D eigenvalue weighted by Crippen LogP contribution is -2.49. The molecule has 1 aromatic heterocycles. The van der Waals surface area contributed by atoms with Gasteiger partial charge in [-0.25, -0.2) is 0 Å². The summed E-state index contributed by atoms with van der Waals surface area (Å²) in [7, 11) is 0. The molecule has 14 heavy (non-hydrogen) atoms. The van der Waals surface area contributed by atoms with Crippen molar-refractivity contribution in [1.82, 2.24) is 10.3 Å². The van der Waals surface area contributed by atoms with E-state index in [0.29, 0.717) is 6.04 Å². The van der Waals surface area contributed by atoms with Crippen molar-refractivity contribution in [3.63, 3.8) is 0 Å². The van der Waals surface area contributed by atoms with E-state index in [1.807, 2.05) is 12.4 Å². The number of pyridine rings is 1. The third kappa shape index (κ3) is 1.87. The van der Waals surface area contributed by atoms with Crippen molar-refractivity contribution in [3.05, 3.63) is 24.0 Å². The van der Waals surface area contributed by atoms with E-state index in [-0.39, 0.29) is 0 Å². The second kappa shape index (κ2) is 3.96. The average molecular weight is 191 g/mol. The second-order valence-corrected chi connectivity index (χ2v) is 3.96. The fourth-order valence-corrected chi connectivity index (χ4v) is 1.94. The average Bonchev–Trinajstić information content (AvgIpc) is 2.18. The van der Waals surface area contributed by atoms with E-state index >= 15 is 0 Å². The van der Waals surface area contributed by atoms with Gasteiger partial charge in [0.1, 0.15) is 0 Å². The first-order valence-electron chi connectivity index (χ1n) is 5.16. The van der Waals surface area contributed by atoms with Gasteiger partial charge in [-0.15, -0.1) is 0 Å². The van der Waals surface area contributed by atoms with Crippen molar-refractivity contribution in [2.24, 2.45) is 0 Å². The van der Waals surface area contributed by atoms with Gasteiger partial charge in [0.2, 0.25) is 0 Å². The van der Waals surface area contributed by atoms with E-state index in [2.05, 4.69) is 35.1 Å². The Morgan fingerprint density at radius 3 is 3.14 bits per heavy atom. The Morgan fingerprint density at radius 2 is 2.43 bits per heavy atom. The van der Waals surface area contributed by atoms with Gasteiger partial charge in [0.15, 0.2) is 0 Å². The van der Waals surface area contributed by atoms with Crippen LogP contribution in [0.3, 0.4) is 0 Å². The highest BCUT2D eigenvalue weighted by Gasteiger charge is 2.16. The minimum Gasteiger partial charge on any atom is -0.367 e. The number of aryl methyl sites for hydroxylation is 1. The molecule has 1 atom stereocenters. The van der Waals surface area contributed by atoms with Crippen molar-refractivity contribution in [3.8, 4) is 0 Å². The molecule has 1 aliphatic heterocycles. The van der Waals surface area contributed by atoms with Crippen LogP contribution in [0.2, 0.25) is 0 Å². The van der Waals surface area contributed by atoms with Crippen LogP contribution in [-0.2, 0) is 0 Å². The van der Waals surface area contributed by atoms with E-state index in [4.69, 9.17) is 0 Å². The molecule has 76 valence electrons. The summed E-state index contributed by atoms with van der Waals surface area (Å²) in [6.45, 7) is 7.58. The molecule has 0 amide bonds. The van der Waals surface area contributed by atoms with Crippen LogP contribution in [0.5, 0.6) is 0 Å². The summed E-state index contributed by atoms with van der Waals surface area (Å²) in [5.74, 6) is 0. The number of nitrogens with zero attached hydrogens (tertiary/aromatic N) is 2. The minimum atomic E-state index is 0.573. The highest BCUT2D eigenvalue weighted by molar-refractivity contribution is 5.51. The molecule has 1 aromatic rings. The van der Waals surface area contributed by atoms with Crippen molar-refractivity contribution in [2.45, 2.75) is 19.9 Å². The lowest BCUT2D eigenvalue weighted by Gasteiger charge is -2.34. The van der Waals surface area contributed by atoms with Crippen LogP contribution in [0.4, 0.5) is 5.69 Å². The molecule has 3 heteroatoms. The number of hydrogen-bond acceptors (Lipinski definition) is 3. The van der Waals surface area contributed by atoms with Gasteiger partial charge in [-0.1, -0.05) is 0 Å². The van der Waals surface area contributed by atoms with Gasteiger partial charge in [0.05, 0.1) is 11.9 Å². The van der Waals surface area contributed by atoms with E-state index in [1.165, 1.54) is 11.3 Å². The van der Waals surface area contributed by atoms with Gasteiger partial charge in [0.25, 0.3) is 0 Å². The molecular formula is C11H17N3. The maximum Gasteiger partial charge on any atom is 0.0583 e. The summed E-state index contributed by atoms with van der Waals surface area (Å²) >= 11 is 0. The number of rotatable bonds is 1. The molecule has 1 unspecified atom stereocenters. The first-order chi connectivity index (χ1) is 6.77. The summed E-state index contributed by atoms with van der Waals surface area (Å²) < 4.78 is 0. The van der Waals surface area contributed by atoms with Gasteiger partial charge in [-0.3, -0.25) is 4.98 Å². The zero-order valence-electron chi connectivity index (χ0n) is 8.83. The largest absolute Gasteiger partial charge is 0.367 e. The monoisotopic (exact) mass is 191 g/mol. The molecule has 0 aliphatic carbocycles. The molecule has 0 radical (unpaired) electrons. The fourth-order valence-electron chi connectivity index (χ4n) is 1.94. The molecule has 0 spiro atoms. The third-order valence-corrected chi connectivity index (χ3v) is 2.72. The maximum atomic E-state index is 4.18. The molecule has 0 aromatic carbocycles. The first-order valence-corrected chi connectivity index (χ1v) is 5.16. The van der Waals surface area contributed by atoms with Crippen LogP contribution < -0.4 is 10.2 Å². The van der Waals surface area contributed by atoms with Crippen molar-refractivity contribution in [2.75, 3.05) is 24.5 Å². The Labute approximate surface area is 85.1 Å². The molecule has 1 N–H and O–H groups in total. The molecular weight excluding hydrogens is 174 g/mol. The van der Waals surface area contributed by atoms with Crippen LogP contribution in [0, 0.1) is 6.92 Å². The molecule has 0 bridgehead atoms. The van der Waals surface area contributed by atoms with E-state index < -0.39 is 0 Å². The summed E-state index contributed by atoms with van der Waals surface area (Å²) in [4.78, 5) is 6.59. The lowest BCUT2D eigenvalue weighted by molar-refractivity contribution is 0.484. The fraction of sp³-hybridized carbons (Fsp3) is 0.545. The van der Waals surface area contributed by atoms with E-state index in [0.717, 1.165) is 19.6 Å². The molecule has 1 aliphatic rings. The third-order valence-electron chi connectivity index (χ3n) is 2.72. The first kappa shape index (κ1) is 9.46. The zero-order valence-corrected chi connectivity index (χ0v) is 8.83. The highest BCUT2D eigenvalue weighted by atomic mass is 15.2. The second-order valence-electron chi connectivity index (χ2n) is 3.96. The topological polar surface area (TPSA) is 28.2 Å². The quantitative estimate of drug-likeness (QED) is 0.722. The van der Waals surface area contributed by atoms with Crippen LogP contribution in [0.1, 0.15) is 12.5 Å². The maximum absolute atomic E-state index is 4.18. The number of nitrogens with one attached hydrogen (secondary N) is 1. The van der Waals surface area contributed by atoms with Gasteiger partial charge in [-0.05, 0) is 25.5 Å². The number of anilines is 1. The SMILES string of the molecule is Cc1ccncc1N1CCNC(C)C1. The van der Waals surface area contributed by atoms with Crippen LogP contribution in [-0.4, -0.2) is 30.7 Å². The summed E-state index contributed by atoms with van der Waals surface area (Å²) in [5, 5.41) is 3.44. The summed E-state index contributed by atoms with van der Waals surface area (Å²) in [6.07, 6.45) is 3.82. The highest BCUT2D eigenvalue weighted by Crippen LogP contribution is 2.18. The van der Waals surface area contributed by atoms with Gasteiger partial charge < -0.3 is 10.2 Å². The van der Waals surface area contributed by atoms with Crippen LogP contribution in [0.25, 0.3) is 0 Å². The van der Waals surface area contributed by atoms with E-state index in [1.54, 1.807) is 0 Å². The number of piperazine rings is 1. The molecule has 2 rings (SSSR count). The standard InChI is InChI=1S/C11H17N3/c1-9-3-4-12-7-11(9)14-6-5-13-10(2)8-14/h3-4,7,10,13H,5-6,8H2,1-2H3. The van der Waals surface area contributed by atoms with Crippen LogP contribution >= 0.6 is 0 Å². The Balaban J connectivity index is 2.18. The summed E-state index contributed by atoms with van der Waals surface area (Å²) in [6, 6.07) is 2.64. The molecule has 2 heterocycles. The normalized spacial score (nSPS) is 22.4. The van der Waals surface area contributed by atoms with Gasteiger partial charge >= 0.3 is 0 Å². The summed E-state index contributed by atoms with van der Waals surface area (Å²) in [5.41, 5.74) is 2.59. The number of aromatic nitrogens is 1. The van der Waals surface area contributed by atoms with Gasteiger partial charge in [0, 0.05) is 31.9 Å². The predicted molar refractivity (Wildman–Crippen MR) is 58.7 cm³/mol. The van der Waals surface area contributed by atoms with Crippen molar-refractivity contribution >= 4 is 5.69 Å². The Morgan fingerprint density at radius 1 is 1.57 bits per heavy atom. The minimum absolute atomic E-state index is 0.573. The van der Waals surface area contributed by atoms with Crippen LogP contribution in [0.15, 0.2) is 18.5 Å². The molecule has 1 saturated heterocycles.